The number of hydrogen-bond donors (Lipinski definition) is 2. The van der Waals surface area contributed by atoms with Crippen LogP contribution in [-0.4, -0.2) is 12.5 Å². The van der Waals surface area contributed by atoms with E-state index >= 15 is 0 Å². The van der Waals surface area contributed by atoms with Crippen molar-refractivity contribution in [3.63, 3.8) is 0 Å². The smallest absolute Gasteiger partial charge is 0.224 e. The van der Waals surface area contributed by atoms with Gasteiger partial charge in [-0.2, -0.15) is 0 Å². The molecule has 100 valence electrons. The zero-order chi connectivity index (χ0) is 13.6. The first-order chi connectivity index (χ1) is 8.40. The van der Waals surface area contributed by atoms with Crippen molar-refractivity contribution in [1.82, 2.24) is 0 Å². The zero-order valence-corrected chi connectivity index (χ0v) is 11.8. The fourth-order valence-electron chi connectivity index (χ4n) is 1.50. The second kappa shape index (κ2) is 6.43. The van der Waals surface area contributed by atoms with Crippen molar-refractivity contribution in [3.05, 3.63) is 24.3 Å². The highest BCUT2D eigenvalue weighted by Gasteiger charge is 2.08. The monoisotopic (exact) mass is 248 g/mol. The number of hydrogen-bond acceptors (Lipinski definition) is 2. The van der Waals surface area contributed by atoms with Gasteiger partial charge in [-0.05, 0) is 36.1 Å². The van der Waals surface area contributed by atoms with E-state index in [0.29, 0.717) is 11.8 Å². The Labute approximate surface area is 110 Å². The summed E-state index contributed by atoms with van der Waals surface area (Å²) in [5.41, 5.74) is 2.29. The Kier molecular flexibility index (Phi) is 5.20. The van der Waals surface area contributed by atoms with Crippen LogP contribution in [0.15, 0.2) is 24.3 Å². The van der Waals surface area contributed by atoms with Crippen LogP contribution in [0.5, 0.6) is 0 Å². The van der Waals surface area contributed by atoms with E-state index in [9.17, 15) is 4.79 Å². The summed E-state index contributed by atoms with van der Waals surface area (Å²) in [6.07, 6.45) is 1.63. The van der Waals surface area contributed by atoms with Crippen molar-refractivity contribution in [1.29, 1.82) is 0 Å². The lowest BCUT2D eigenvalue weighted by atomic mass is 9.92. The minimum absolute atomic E-state index is 0.0449. The number of carbonyl (C=O) groups excluding carboxylic acids is 1. The fraction of sp³-hybridized carbons (Fsp3) is 0.533. The summed E-state index contributed by atoms with van der Waals surface area (Å²) in [6.45, 7) is 9.51. The minimum Gasteiger partial charge on any atom is -0.385 e. The third-order valence-electron chi connectivity index (χ3n) is 2.69. The summed E-state index contributed by atoms with van der Waals surface area (Å²) >= 11 is 0. The highest BCUT2D eigenvalue weighted by molar-refractivity contribution is 5.90. The van der Waals surface area contributed by atoms with Crippen molar-refractivity contribution >= 4 is 17.3 Å². The van der Waals surface area contributed by atoms with Crippen LogP contribution < -0.4 is 10.6 Å². The van der Waals surface area contributed by atoms with E-state index in [2.05, 4.69) is 31.4 Å². The van der Waals surface area contributed by atoms with Gasteiger partial charge in [-0.1, -0.05) is 27.7 Å². The van der Waals surface area contributed by atoms with Crippen LogP contribution in [-0.2, 0) is 4.79 Å². The van der Waals surface area contributed by atoms with Crippen LogP contribution in [0.2, 0.25) is 0 Å². The molecule has 1 amide bonds. The molecule has 18 heavy (non-hydrogen) atoms. The average Bonchev–Trinajstić information content (AvgIpc) is 2.29. The molecular weight excluding hydrogens is 224 g/mol. The zero-order valence-electron chi connectivity index (χ0n) is 11.8. The van der Waals surface area contributed by atoms with Crippen LogP contribution in [0.3, 0.4) is 0 Å². The molecule has 0 aromatic heterocycles. The molecule has 0 radical (unpaired) electrons. The molecule has 0 saturated heterocycles. The van der Waals surface area contributed by atoms with Gasteiger partial charge >= 0.3 is 0 Å². The summed E-state index contributed by atoms with van der Waals surface area (Å²) in [7, 11) is 0. The predicted molar refractivity (Wildman–Crippen MR) is 77.9 cm³/mol. The van der Waals surface area contributed by atoms with E-state index in [1.54, 1.807) is 0 Å². The van der Waals surface area contributed by atoms with Gasteiger partial charge in [-0.3, -0.25) is 4.79 Å². The van der Waals surface area contributed by atoms with E-state index in [0.717, 1.165) is 24.3 Å². The van der Waals surface area contributed by atoms with Gasteiger partial charge in [0, 0.05) is 24.3 Å². The summed E-state index contributed by atoms with van der Waals surface area (Å²) in [5.74, 6) is 0.0449. The molecule has 3 nitrogen and oxygen atoms in total. The van der Waals surface area contributed by atoms with Crippen molar-refractivity contribution in [2.24, 2.45) is 5.41 Å². The van der Waals surface area contributed by atoms with E-state index in [1.807, 2.05) is 31.2 Å². The number of rotatable bonds is 5. The van der Waals surface area contributed by atoms with E-state index in [4.69, 9.17) is 0 Å². The molecule has 0 heterocycles. The molecule has 0 saturated carbocycles. The van der Waals surface area contributed by atoms with Gasteiger partial charge in [0.25, 0.3) is 0 Å². The molecule has 0 spiro atoms. The van der Waals surface area contributed by atoms with E-state index in [-0.39, 0.29) is 5.91 Å². The molecule has 0 atom stereocenters. The van der Waals surface area contributed by atoms with E-state index in [1.165, 1.54) is 0 Å². The highest BCUT2D eigenvalue weighted by Crippen LogP contribution is 2.19. The Hall–Kier alpha value is -1.51. The van der Waals surface area contributed by atoms with Gasteiger partial charge in [0.15, 0.2) is 0 Å². The normalized spacial score (nSPS) is 11.1. The van der Waals surface area contributed by atoms with Gasteiger partial charge < -0.3 is 10.6 Å². The number of carbonyl (C=O) groups is 1. The van der Waals surface area contributed by atoms with Crippen LogP contribution in [0.25, 0.3) is 0 Å². The molecule has 3 heteroatoms. The molecule has 0 unspecified atom stereocenters. The van der Waals surface area contributed by atoms with E-state index < -0.39 is 0 Å². The largest absolute Gasteiger partial charge is 0.385 e. The third-order valence-corrected chi connectivity index (χ3v) is 2.69. The molecule has 1 rings (SSSR count). The first kappa shape index (κ1) is 14.6. The molecular formula is C15H24N2O. The Morgan fingerprint density at radius 2 is 1.67 bits per heavy atom. The minimum atomic E-state index is 0.0449. The van der Waals surface area contributed by atoms with Crippen LogP contribution in [0.4, 0.5) is 11.4 Å². The Balaban J connectivity index is 2.43. The second-order valence-electron chi connectivity index (χ2n) is 5.72. The molecule has 1 aromatic rings. The summed E-state index contributed by atoms with van der Waals surface area (Å²) in [4.78, 5) is 11.2. The number of benzene rings is 1. The first-order valence-corrected chi connectivity index (χ1v) is 6.54. The maximum atomic E-state index is 11.2. The summed E-state index contributed by atoms with van der Waals surface area (Å²) < 4.78 is 0. The molecule has 2 N–H and O–H groups in total. The lowest BCUT2D eigenvalue weighted by Gasteiger charge is -2.18. The first-order valence-electron chi connectivity index (χ1n) is 6.54. The summed E-state index contributed by atoms with van der Waals surface area (Å²) in [6, 6.07) is 7.84. The van der Waals surface area contributed by atoms with Crippen LogP contribution in [0.1, 0.15) is 40.5 Å². The average molecular weight is 248 g/mol. The number of amides is 1. The Bertz CT molecular complexity index is 376. The van der Waals surface area contributed by atoms with Crippen molar-refractivity contribution in [2.45, 2.75) is 40.5 Å². The number of nitrogens with one attached hydrogen (secondary N) is 2. The molecule has 0 aliphatic heterocycles. The van der Waals surface area contributed by atoms with Gasteiger partial charge in [0.2, 0.25) is 5.91 Å². The Morgan fingerprint density at radius 3 is 2.17 bits per heavy atom. The molecule has 1 aromatic carbocycles. The molecule has 0 aliphatic carbocycles. The third kappa shape index (κ3) is 5.71. The standard InChI is InChI=1S/C15H24N2O/c1-5-14(18)17-13-8-6-12(7-9-13)16-11-10-15(2,3)4/h6-9,16H,5,10-11H2,1-4H3,(H,17,18). The van der Waals surface area contributed by atoms with Gasteiger partial charge in [0.1, 0.15) is 0 Å². The number of anilines is 2. The highest BCUT2D eigenvalue weighted by atomic mass is 16.1. The quantitative estimate of drug-likeness (QED) is 0.830. The maximum absolute atomic E-state index is 11.2. The second-order valence-corrected chi connectivity index (χ2v) is 5.72. The van der Waals surface area contributed by atoms with Crippen LogP contribution >= 0.6 is 0 Å². The SMILES string of the molecule is CCC(=O)Nc1ccc(NCCC(C)(C)C)cc1. The molecule has 0 bridgehead atoms. The summed E-state index contributed by atoms with van der Waals surface area (Å²) in [5, 5.41) is 6.22. The predicted octanol–water partition coefficient (Wildman–Crippen LogP) is 3.88. The van der Waals surface area contributed by atoms with Crippen molar-refractivity contribution in [3.8, 4) is 0 Å². The molecule has 0 fully saturated rings. The van der Waals surface area contributed by atoms with Gasteiger partial charge in [-0.25, -0.2) is 0 Å². The van der Waals surface area contributed by atoms with Crippen LogP contribution in [0, 0.1) is 5.41 Å². The maximum Gasteiger partial charge on any atom is 0.224 e. The van der Waals surface area contributed by atoms with Crippen molar-refractivity contribution in [2.75, 3.05) is 17.2 Å². The lowest BCUT2D eigenvalue weighted by Crippen LogP contribution is -2.13. The lowest BCUT2D eigenvalue weighted by molar-refractivity contribution is -0.115. The Morgan fingerprint density at radius 1 is 1.11 bits per heavy atom. The fourth-order valence-corrected chi connectivity index (χ4v) is 1.50. The van der Waals surface area contributed by atoms with Gasteiger partial charge in [-0.15, -0.1) is 0 Å². The topological polar surface area (TPSA) is 41.1 Å². The molecule has 0 aliphatic rings. The van der Waals surface area contributed by atoms with Crippen molar-refractivity contribution < 1.29 is 4.79 Å². The van der Waals surface area contributed by atoms with Gasteiger partial charge in [0.05, 0.1) is 0 Å².